The number of nitrogens with two attached hydrogens (primary N) is 2. The van der Waals surface area contributed by atoms with Gasteiger partial charge in [0.25, 0.3) is 0 Å². The topological polar surface area (TPSA) is 115 Å². The number of carbonyl (C=O) groups excluding carboxylic acids is 1. The first-order valence-electron chi connectivity index (χ1n) is 5.66. The number of primary amides is 1. The second-order valence-corrected chi connectivity index (χ2v) is 5.75. The number of nitrogen functional groups attached to an aromatic ring is 1. The molecule has 0 fully saturated rings. The molecule has 106 valence electrons. The predicted molar refractivity (Wildman–Crippen MR) is 69.0 cm³/mol. The van der Waals surface area contributed by atoms with Gasteiger partial charge in [-0.25, -0.2) is 17.5 Å². The van der Waals surface area contributed by atoms with Gasteiger partial charge >= 0.3 is 0 Å². The summed E-state index contributed by atoms with van der Waals surface area (Å²) in [4.78, 5) is 10.0. The van der Waals surface area contributed by atoms with Crippen molar-refractivity contribution >= 4 is 21.6 Å². The summed E-state index contributed by atoms with van der Waals surface area (Å²) in [6, 6.07) is 3.36. The van der Waals surface area contributed by atoms with Gasteiger partial charge in [-0.3, -0.25) is 4.79 Å². The third-order valence-electron chi connectivity index (χ3n) is 2.39. The molecule has 0 saturated carbocycles. The van der Waals surface area contributed by atoms with Crippen molar-refractivity contribution in [3.05, 3.63) is 24.0 Å². The molecule has 0 aliphatic carbocycles. The van der Waals surface area contributed by atoms with Gasteiger partial charge in [0.1, 0.15) is 10.7 Å². The number of anilines is 1. The highest BCUT2D eigenvalue weighted by atomic mass is 32.2. The van der Waals surface area contributed by atoms with Crippen molar-refractivity contribution in [2.24, 2.45) is 5.73 Å². The van der Waals surface area contributed by atoms with Crippen molar-refractivity contribution in [2.75, 3.05) is 12.3 Å². The SMILES string of the molecule is NC(=O)CCCCNS(=O)(=O)c1ccc(N)cc1F. The first-order valence-corrected chi connectivity index (χ1v) is 7.14. The van der Waals surface area contributed by atoms with Crippen molar-refractivity contribution in [3.8, 4) is 0 Å². The molecule has 0 unspecified atom stereocenters. The molecule has 0 atom stereocenters. The van der Waals surface area contributed by atoms with Crippen molar-refractivity contribution in [1.82, 2.24) is 4.72 Å². The molecule has 0 heterocycles. The Morgan fingerprint density at radius 1 is 1.32 bits per heavy atom. The van der Waals surface area contributed by atoms with Gasteiger partial charge < -0.3 is 11.5 Å². The van der Waals surface area contributed by atoms with Crippen LogP contribution in [0.4, 0.5) is 10.1 Å². The third kappa shape index (κ3) is 4.84. The number of hydrogen-bond acceptors (Lipinski definition) is 4. The molecule has 1 amide bonds. The summed E-state index contributed by atoms with van der Waals surface area (Å²) >= 11 is 0. The van der Waals surface area contributed by atoms with Crippen LogP contribution in [0.15, 0.2) is 23.1 Å². The zero-order valence-corrected chi connectivity index (χ0v) is 11.0. The van der Waals surface area contributed by atoms with Crippen molar-refractivity contribution in [3.63, 3.8) is 0 Å². The van der Waals surface area contributed by atoms with Gasteiger partial charge in [0.2, 0.25) is 15.9 Å². The lowest BCUT2D eigenvalue weighted by atomic mass is 10.2. The fourth-order valence-corrected chi connectivity index (χ4v) is 2.57. The Morgan fingerprint density at radius 2 is 2.00 bits per heavy atom. The van der Waals surface area contributed by atoms with Crippen LogP contribution >= 0.6 is 0 Å². The highest BCUT2D eigenvalue weighted by Gasteiger charge is 2.18. The molecule has 1 rings (SSSR count). The predicted octanol–water partition coefficient (Wildman–Crippen LogP) is 0.342. The summed E-state index contributed by atoms with van der Waals surface area (Å²) in [7, 11) is -3.91. The largest absolute Gasteiger partial charge is 0.399 e. The number of benzene rings is 1. The van der Waals surface area contributed by atoms with Crippen LogP contribution in [0.1, 0.15) is 19.3 Å². The molecule has 0 aromatic heterocycles. The van der Waals surface area contributed by atoms with E-state index in [9.17, 15) is 17.6 Å². The van der Waals surface area contributed by atoms with Crippen LogP contribution < -0.4 is 16.2 Å². The molecule has 0 saturated heterocycles. The van der Waals surface area contributed by atoms with Gasteiger partial charge in [-0.05, 0) is 31.0 Å². The molecule has 5 N–H and O–H groups in total. The number of nitrogens with one attached hydrogen (secondary N) is 1. The average molecular weight is 289 g/mol. The van der Waals surface area contributed by atoms with Gasteiger partial charge in [-0.1, -0.05) is 0 Å². The van der Waals surface area contributed by atoms with Crippen LogP contribution in [-0.4, -0.2) is 20.9 Å². The van der Waals surface area contributed by atoms with Crippen molar-refractivity contribution in [2.45, 2.75) is 24.2 Å². The maximum atomic E-state index is 13.5. The number of rotatable bonds is 7. The highest BCUT2D eigenvalue weighted by Crippen LogP contribution is 2.16. The number of halogens is 1. The van der Waals surface area contributed by atoms with Gasteiger partial charge in [0, 0.05) is 18.7 Å². The van der Waals surface area contributed by atoms with Crippen LogP contribution in [0, 0.1) is 5.82 Å². The lowest BCUT2D eigenvalue weighted by Gasteiger charge is -2.07. The molecule has 19 heavy (non-hydrogen) atoms. The minimum absolute atomic E-state index is 0.111. The fraction of sp³-hybridized carbons (Fsp3) is 0.364. The Labute approximate surface area is 111 Å². The van der Waals surface area contributed by atoms with Crippen LogP contribution in [0.2, 0.25) is 0 Å². The van der Waals surface area contributed by atoms with E-state index >= 15 is 0 Å². The zero-order chi connectivity index (χ0) is 14.5. The molecule has 0 aliphatic heterocycles. The number of carbonyl (C=O) groups is 1. The normalized spacial score (nSPS) is 11.4. The molecule has 0 spiro atoms. The van der Waals surface area contributed by atoms with E-state index < -0.39 is 26.6 Å². The van der Waals surface area contributed by atoms with Crippen LogP contribution in [0.3, 0.4) is 0 Å². The van der Waals surface area contributed by atoms with Crippen molar-refractivity contribution < 1.29 is 17.6 Å². The lowest BCUT2D eigenvalue weighted by molar-refractivity contribution is -0.118. The molecule has 0 radical (unpaired) electrons. The summed E-state index contributed by atoms with van der Waals surface area (Å²) in [5.41, 5.74) is 10.4. The number of hydrogen-bond donors (Lipinski definition) is 3. The zero-order valence-electron chi connectivity index (χ0n) is 10.2. The maximum Gasteiger partial charge on any atom is 0.243 e. The minimum atomic E-state index is -3.91. The number of unbranched alkanes of at least 4 members (excludes halogenated alkanes) is 1. The Kier molecular flexibility index (Phi) is 5.25. The summed E-state index contributed by atoms with van der Waals surface area (Å²) in [6.45, 7) is 0.111. The number of sulfonamides is 1. The summed E-state index contributed by atoms with van der Waals surface area (Å²) in [6.07, 6.45) is 1.11. The Balaban J connectivity index is 2.59. The van der Waals surface area contributed by atoms with Crippen LogP contribution in [-0.2, 0) is 14.8 Å². The standard InChI is InChI=1S/C11H16FN3O3S/c12-9-7-8(13)4-5-10(9)19(17,18)15-6-2-1-3-11(14)16/h4-5,7,15H,1-3,6,13H2,(H2,14,16). The number of amides is 1. The van der Waals surface area contributed by atoms with Crippen molar-refractivity contribution in [1.29, 1.82) is 0 Å². The van der Waals surface area contributed by atoms with E-state index in [0.29, 0.717) is 12.8 Å². The monoisotopic (exact) mass is 289 g/mol. The van der Waals surface area contributed by atoms with E-state index in [1.807, 2.05) is 0 Å². The molecular weight excluding hydrogens is 273 g/mol. The minimum Gasteiger partial charge on any atom is -0.399 e. The molecule has 0 bridgehead atoms. The quantitative estimate of drug-likeness (QED) is 0.496. The maximum absolute atomic E-state index is 13.5. The van der Waals surface area contributed by atoms with Crippen LogP contribution in [0.5, 0.6) is 0 Å². The van der Waals surface area contributed by atoms with Crippen LogP contribution in [0.25, 0.3) is 0 Å². The average Bonchev–Trinajstić information content (AvgIpc) is 2.27. The molecule has 8 heteroatoms. The molecule has 1 aromatic carbocycles. The third-order valence-corrected chi connectivity index (χ3v) is 3.88. The Hall–Kier alpha value is -1.67. The fourth-order valence-electron chi connectivity index (χ4n) is 1.44. The van der Waals surface area contributed by atoms with E-state index in [1.54, 1.807) is 0 Å². The van der Waals surface area contributed by atoms with E-state index in [-0.39, 0.29) is 18.7 Å². The lowest BCUT2D eigenvalue weighted by Crippen LogP contribution is -2.26. The first kappa shape index (κ1) is 15.4. The van der Waals surface area contributed by atoms with E-state index in [4.69, 9.17) is 11.5 Å². The van der Waals surface area contributed by atoms with Gasteiger partial charge in [0.15, 0.2) is 0 Å². The second kappa shape index (κ2) is 6.48. The molecule has 0 aliphatic rings. The van der Waals surface area contributed by atoms with Gasteiger partial charge in [-0.2, -0.15) is 0 Å². The van der Waals surface area contributed by atoms with E-state index in [1.165, 1.54) is 6.07 Å². The Bertz CT molecular complexity index is 560. The summed E-state index contributed by atoms with van der Waals surface area (Å²) < 4.78 is 39.3. The molecule has 1 aromatic rings. The molecular formula is C11H16FN3O3S. The van der Waals surface area contributed by atoms with Gasteiger partial charge in [-0.15, -0.1) is 0 Å². The van der Waals surface area contributed by atoms with E-state index in [0.717, 1.165) is 12.1 Å². The molecule has 6 nitrogen and oxygen atoms in total. The summed E-state index contributed by atoms with van der Waals surface area (Å²) in [5, 5.41) is 0. The highest BCUT2D eigenvalue weighted by molar-refractivity contribution is 7.89. The van der Waals surface area contributed by atoms with Gasteiger partial charge in [0.05, 0.1) is 0 Å². The smallest absolute Gasteiger partial charge is 0.243 e. The van der Waals surface area contributed by atoms with E-state index in [2.05, 4.69) is 4.72 Å². The summed E-state index contributed by atoms with van der Waals surface area (Å²) in [5.74, 6) is -1.34. The second-order valence-electron chi connectivity index (χ2n) is 4.01. The Morgan fingerprint density at radius 3 is 2.58 bits per heavy atom. The first-order chi connectivity index (χ1) is 8.83.